The van der Waals surface area contributed by atoms with E-state index >= 15 is 0 Å². The third kappa shape index (κ3) is 3.90. The van der Waals surface area contributed by atoms with Gasteiger partial charge in [0.15, 0.2) is 0 Å². The van der Waals surface area contributed by atoms with Crippen LogP contribution in [0.4, 0.5) is 4.79 Å². The highest BCUT2D eigenvalue weighted by atomic mass is 35.5. The molecular weight excluding hydrogens is 276 g/mol. The van der Waals surface area contributed by atoms with Crippen LogP contribution in [-0.2, 0) is 11.3 Å². The Hall–Kier alpha value is -1.68. The molecule has 0 spiro atoms. The van der Waals surface area contributed by atoms with Crippen LogP contribution in [0.15, 0.2) is 30.5 Å². The Balaban J connectivity index is 1.93. The van der Waals surface area contributed by atoms with Gasteiger partial charge in [-0.3, -0.25) is 0 Å². The molecule has 0 aliphatic rings. The van der Waals surface area contributed by atoms with Crippen LogP contribution in [-0.4, -0.2) is 22.8 Å². The van der Waals surface area contributed by atoms with Crippen LogP contribution in [0.5, 0.6) is 0 Å². The number of ether oxygens (including phenoxy) is 1. The fraction of sp³-hybridized carbons (Fsp3) is 0.400. The Bertz CT molecular complexity index is 614. The molecule has 0 aliphatic heterocycles. The van der Waals surface area contributed by atoms with Gasteiger partial charge < -0.3 is 14.6 Å². The smallest absolute Gasteiger partial charge is 0.407 e. The molecule has 1 amide bonds. The molecule has 0 saturated carbocycles. The summed E-state index contributed by atoms with van der Waals surface area (Å²) in [5.74, 6) is 0. The zero-order chi connectivity index (χ0) is 14.8. The van der Waals surface area contributed by atoms with E-state index in [9.17, 15) is 4.79 Å². The second-order valence-corrected chi connectivity index (χ2v) is 6.08. The molecule has 4 nitrogen and oxygen atoms in total. The molecule has 0 bridgehead atoms. The second kappa shape index (κ2) is 5.75. The zero-order valence-electron chi connectivity index (χ0n) is 11.9. The van der Waals surface area contributed by atoms with Gasteiger partial charge in [-0.2, -0.15) is 0 Å². The summed E-state index contributed by atoms with van der Waals surface area (Å²) in [6.45, 7) is 6.70. The van der Waals surface area contributed by atoms with E-state index in [-0.39, 0.29) is 0 Å². The number of amides is 1. The molecule has 1 aromatic heterocycles. The normalized spacial score (nSPS) is 11.6. The Morgan fingerprint density at radius 2 is 2.10 bits per heavy atom. The van der Waals surface area contributed by atoms with E-state index < -0.39 is 11.7 Å². The average Bonchev–Trinajstić information content (AvgIpc) is 2.69. The summed E-state index contributed by atoms with van der Waals surface area (Å²) in [5.41, 5.74) is 0.584. The first-order valence-corrected chi connectivity index (χ1v) is 6.94. The van der Waals surface area contributed by atoms with Crippen molar-refractivity contribution >= 4 is 28.6 Å². The first-order chi connectivity index (χ1) is 9.35. The number of carbonyl (C=O) groups is 1. The number of carbonyl (C=O) groups excluding carboxylic acids is 1. The molecule has 20 heavy (non-hydrogen) atoms. The number of aromatic nitrogens is 1. The number of fused-ring (bicyclic) bond motifs is 1. The maximum absolute atomic E-state index is 11.5. The van der Waals surface area contributed by atoms with Crippen molar-refractivity contribution in [2.45, 2.75) is 32.9 Å². The molecule has 1 N–H and O–H groups in total. The first kappa shape index (κ1) is 14.7. The lowest BCUT2D eigenvalue weighted by Crippen LogP contribution is -2.34. The molecule has 0 atom stereocenters. The van der Waals surface area contributed by atoms with Crippen LogP contribution in [0.2, 0.25) is 5.02 Å². The zero-order valence-corrected chi connectivity index (χ0v) is 12.7. The number of hydrogen-bond acceptors (Lipinski definition) is 2. The highest BCUT2D eigenvalue weighted by molar-refractivity contribution is 6.31. The van der Waals surface area contributed by atoms with E-state index in [1.807, 2.05) is 51.2 Å². The van der Waals surface area contributed by atoms with Gasteiger partial charge >= 0.3 is 6.09 Å². The monoisotopic (exact) mass is 294 g/mol. The van der Waals surface area contributed by atoms with Crippen molar-refractivity contribution in [3.8, 4) is 0 Å². The molecule has 2 aromatic rings. The number of nitrogens with one attached hydrogen (secondary N) is 1. The van der Waals surface area contributed by atoms with Gasteiger partial charge in [0.05, 0.1) is 0 Å². The SMILES string of the molecule is CC(C)(C)OC(=O)NCCn1ccc2ccc(Cl)cc21. The van der Waals surface area contributed by atoms with E-state index in [1.54, 1.807) is 0 Å². The highest BCUT2D eigenvalue weighted by Gasteiger charge is 2.15. The topological polar surface area (TPSA) is 43.3 Å². The van der Waals surface area contributed by atoms with Crippen molar-refractivity contribution < 1.29 is 9.53 Å². The second-order valence-electron chi connectivity index (χ2n) is 5.64. The van der Waals surface area contributed by atoms with Gasteiger partial charge in [-0.05, 0) is 44.4 Å². The lowest BCUT2D eigenvalue weighted by molar-refractivity contribution is 0.0526. The van der Waals surface area contributed by atoms with Gasteiger partial charge in [-0.15, -0.1) is 0 Å². The predicted molar refractivity (Wildman–Crippen MR) is 81.2 cm³/mol. The molecule has 0 unspecified atom stereocenters. The standard InChI is InChI=1S/C15H19ClN2O2/c1-15(2,3)20-14(19)17-7-9-18-8-6-11-4-5-12(16)10-13(11)18/h4-6,8,10H,7,9H2,1-3H3,(H,17,19). The molecule has 0 radical (unpaired) electrons. The van der Waals surface area contributed by atoms with Gasteiger partial charge in [0, 0.05) is 29.8 Å². The summed E-state index contributed by atoms with van der Waals surface area (Å²) in [5, 5.41) is 4.58. The van der Waals surface area contributed by atoms with Crippen molar-refractivity contribution in [2.75, 3.05) is 6.54 Å². The summed E-state index contributed by atoms with van der Waals surface area (Å²) in [7, 11) is 0. The van der Waals surface area contributed by atoms with Crippen molar-refractivity contribution in [3.63, 3.8) is 0 Å². The minimum atomic E-state index is -0.474. The van der Waals surface area contributed by atoms with E-state index in [0.29, 0.717) is 18.1 Å². The number of rotatable bonds is 3. The highest BCUT2D eigenvalue weighted by Crippen LogP contribution is 2.20. The minimum absolute atomic E-state index is 0.396. The Morgan fingerprint density at radius 1 is 1.35 bits per heavy atom. The van der Waals surface area contributed by atoms with Gasteiger partial charge in [-0.1, -0.05) is 17.7 Å². The first-order valence-electron chi connectivity index (χ1n) is 6.56. The van der Waals surface area contributed by atoms with E-state index in [4.69, 9.17) is 16.3 Å². The van der Waals surface area contributed by atoms with Crippen LogP contribution in [0, 0.1) is 0 Å². The lowest BCUT2D eigenvalue weighted by atomic mass is 10.2. The summed E-state index contributed by atoms with van der Waals surface area (Å²) in [4.78, 5) is 11.5. The van der Waals surface area contributed by atoms with Gasteiger partial charge in [0.1, 0.15) is 5.60 Å². The van der Waals surface area contributed by atoms with Crippen LogP contribution in [0.25, 0.3) is 10.9 Å². The van der Waals surface area contributed by atoms with E-state index in [0.717, 1.165) is 10.9 Å². The fourth-order valence-electron chi connectivity index (χ4n) is 1.94. The minimum Gasteiger partial charge on any atom is -0.444 e. The van der Waals surface area contributed by atoms with E-state index in [2.05, 4.69) is 9.88 Å². The summed E-state index contributed by atoms with van der Waals surface area (Å²) in [6, 6.07) is 7.80. The third-order valence-electron chi connectivity index (χ3n) is 2.76. The number of halogens is 1. The van der Waals surface area contributed by atoms with Crippen molar-refractivity contribution in [2.24, 2.45) is 0 Å². The maximum Gasteiger partial charge on any atom is 0.407 e. The van der Waals surface area contributed by atoms with Crippen molar-refractivity contribution in [3.05, 3.63) is 35.5 Å². The van der Waals surface area contributed by atoms with Gasteiger partial charge in [0.25, 0.3) is 0 Å². The maximum atomic E-state index is 11.5. The molecule has 0 aliphatic carbocycles. The summed E-state index contributed by atoms with van der Waals surface area (Å²) in [6.07, 6.45) is 1.59. The molecule has 2 rings (SSSR count). The van der Waals surface area contributed by atoms with Crippen LogP contribution >= 0.6 is 11.6 Å². The fourth-order valence-corrected chi connectivity index (χ4v) is 2.11. The summed E-state index contributed by atoms with van der Waals surface area (Å²) >= 11 is 6.00. The van der Waals surface area contributed by atoms with E-state index in [1.165, 1.54) is 0 Å². The molecule has 1 heterocycles. The Morgan fingerprint density at radius 3 is 2.80 bits per heavy atom. The molecule has 0 fully saturated rings. The number of nitrogens with zero attached hydrogens (tertiary/aromatic N) is 1. The van der Waals surface area contributed by atoms with Crippen LogP contribution in [0.1, 0.15) is 20.8 Å². The average molecular weight is 295 g/mol. The van der Waals surface area contributed by atoms with Crippen molar-refractivity contribution in [1.82, 2.24) is 9.88 Å². The lowest BCUT2D eigenvalue weighted by Gasteiger charge is -2.19. The van der Waals surface area contributed by atoms with Gasteiger partial charge in [0.2, 0.25) is 0 Å². The summed E-state index contributed by atoms with van der Waals surface area (Å²) < 4.78 is 7.24. The molecule has 1 aromatic carbocycles. The number of benzene rings is 1. The molecule has 0 saturated heterocycles. The third-order valence-corrected chi connectivity index (χ3v) is 2.99. The Labute approximate surface area is 123 Å². The largest absolute Gasteiger partial charge is 0.444 e. The molecule has 108 valence electrons. The molecular formula is C15H19ClN2O2. The molecule has 5 heteroatoms. The number of alkyl carbamates (subject to hydrolysis) is 1. The van der Waals surface area contributed by atoms with Gasteiger partial charge in [-0.25, -0.2) is 4.79 Å². The predicted octanol–water partition coefficient (Wildman–Crippen LogP) is 3.82. The van der Waals surface area contributed by atoms with Crippen LogP contribution < -0.4 is 5.32 Å². The quantitative estimate of drug-likeness (QED) is 0.935. The Kier molecular flexibility index (Phi) is 4.23. The number of hydrogen-bond donors (Lipinski definition) is 1. The van der Waals surface area contributed by atoms with Crippen molar-refractivity contribution in [1.29, 1.82) is 0 Å². The van der Waals surface area contributed by atoms with Crippen LogP contribution in [0.3, 0.4) is 0 Å².